The Morgan fingerprint density at radius 1 is 1.57 bits per heavy atom. The summed E-state index contributed by atoms with van der Waals surface area (Å²) in [6, 6.07) is 0. The van der Waals surface area contributed by atoms with E-state index in [-0.39, 0.29) is 5.54 Å². The topological polar surface area (TPSA) is 48.1 Å². The van der Waals surface area contributed by atoms with E-state index in [1.165, 1.54) is 0 Å². The molecule has 1 fully saturated rings. The molecule has 0 amide bonds. The lowest BCUT2D eigenvalue weighted by atomic mass is 9.88. The van der Waals surface area contributed by atoms with Gasteiger partial charge in [-0.05, 0) is 19.8 Å². The highest BCUT2D eigenvalue weighted by atomic mass is 32.1. The molecule has 2 rings (SSSR count). The smallest absolute Gasteiger partial charge is 0.0946 e. The van der Waals surface area contributed by atoms with E-state index < -0.39 is 0 Å². The number of rotatable bonds is 2. The number of nitrogens with two attached hydrogens (primary N) is 1. The van der Waals surface area contributed by atoms with Crippen molar-refractivity contribution in [3.63, 3.8) is 0 Å². The van der Waals surface area contributed by atoms with Gasteiger partial charge in [-0.2, -0.15) is 0 Å². The lowest BCUT2D eigenvalue weighted by molar-refractivity contribution is 0.0533. The summed E-state index contributed by atoms with van der Waals surface area (Å²) in [4.78, 5) is 4.45. The summed E-state index contributed by atoms with van der Waals surface area (Å²) in [6.07, 6.45) is 2.80. The van der Waals surface area contributed by atoms with Crippen LogP contribution in [-0.4, -0.2) is 23.7 Å². The standard InChI is InChI=1S/C10H16N2OS/c1-8-7-14-9(12-8)6-10(11)2-4-13-5-3-10/h7H,2-6,11H2,1H3. The summed E-state index contributed by atoms with van der Waals surface area (Å²) in [7, 11) is 0. The van der Waals surface area contributed by atoms with Crippen LogP contribution in [0.5, 0.6) is 0 Å². The molecular weight excluding hydrogens is 196 g/mol. The van der Waals surface area contributed by atoms with Gasteiger partial charge in [-0.15, -0.1) is 11.3 Å². The number of aromatic nitrogens is 1. The summed E-state index contributed by atoms with van der Waals surface area (Å²) >= 11 is 1.71. The molecule has 2 heterocycles. The second-order valence-corrected chi connectivity index (χ2v) is 4.98. The zero-order chi connectivity index (χ0) is 10.0. The molecule has 0 unspecified atom stereocenters. The van der Waals surface area contributed by atoms with E-state index in [4.69, 9.17) is 10.5 Å². The molecule has 1 aliphatic heterocycles. The summed E-state index contributed by atoms with van der Waals surface area (Å²) in [5, 5.41) is 3.24. The van der Waals surface area contributed by atoms with Crippen LogP contribution in [0.25, 0.3) is 0 Å². The molecule has 0 radical (unpaired) electrons. The first-order chi connectivity index (χ1) is 6.68. The van der Waals surface area contributed by atoms with Gasteiger partial charge in [-0.3, -0.25) is 0 Å². The number of hydrogen-bond donors (Lipinski definition) is 1. The summed E-state index contributed by atoms with van der Waals surface area (Å²) in [5.41, 5.74) is 7.30. The number of hydrogen-bond acceptors (Lipinski definition) is 4. The Bertz CT molecular complexity index is 305. The van der Waals surface area contributed by atoms with Crippen LogP contribution in [0.3, 0.4) is 0 Å². The van der Waals surface area contributed by atoms with Crippen molar-refractivity contribution in [3.8, 4) is 0 Å². The third-order valence-electron chi connectivity index (χ3n) is 2.66. The lowest BCUT2D eigenvalue weighted by Gasteiger charge is -2.32. The largest absolute Gasteiger partial charge is 0.381 e. The first-order valence-electron chi connectivity index (χ1n) is 4.96. The van der Waals surface area contributed by atoms with Crippen molar-refractivity contribution in [2.24, 2.45) is 5.73 Å². The van der Waals surface area contributed by atoms with E-state index in [2.05, 4.69) is 10.4 Å². The first kappa shape index (κ1) is 10.1. The average Bonchev–Trinajstić information content (AvgIpc) is 2.51. The van der Waals surface area contributed by atoms with Crippen LogP contribution in [0.15, 0.2) is 5.38 Å². The van der Waals surface area contributed by atoms with Gasteiger partial charge in [0.15, 0.2) is 0 Å². The van der Waals surface area contributed by atoms with E-state index >= 15 is 0 Å². The highest BCUT2D eigenvalue weighted by molar-refractivity contribution is 7.09. The molecule has 4 heteroatoms. The SMILES string of the molecule is Cc1csc(CC2(N)CCOCC2)n1. The third-order valence-corrected chi connectivity index (χ3v) is 3.63. The second-order valence-electron chi connectivity index (χ2n) is 4.03. The van der Waals surface area contributed by atoms with Crippen LogP contribution >= 0.6 is 11.3 Å². The maximum atomic E-state index is 6.29. The zero-order valence-corrected chi connectivity index (χ0v) is 9.27. The van der Waals surface area contributed by atoms with E-state index in [0.717, 1.165) is 43.2 Å². The van der Waals surface area contributed by atoms with Crippen molar-refractivity contribution in [1.29, 1.82) is 0 Å². The van der Waals surface area contributed by atoms with Gasteiger partial charge >= 0.3 is 0 Å². The molecule has 0 aromatic carbocycles. The van der Waals surface area contributed by atoms with Gasteiger partial charge in [0.1, 0.15) is 0 Å². The Hall–Kier alpha value is -0.450. The van der Waals surface area contributed by atoms with Crippen molar-refractivity contribution < 1.29 is 4.74 Å². The summed E-state index contributed by atoms with van der Waals surface area (Å²) in [6.45, 7) is 3.61. The predicted molar refractivity (Wildman–Crippen MR) is 57.5 cm³/mol. The number of ether oxygens (including phenoxy) is 1. The normalized spacial score (nSPS) is 21.0. The van der Waals surface area contributed by atoms with Crippen LogP contribution in [0.1, 0.15) is 23.5 Å². The van der Waals surface area contributed by atoms with Gasteiger partial charge in [-0.25, -0.2) is 4.98 Å². The van der Waals surface area contributed by atoms with Gasteiger partial charge in [0.2, 0.25) is 0 Å². The molecule has 3 nitrogen and oxygen atoms in total. The van der Waals surface area contributed by atoms with E-state index in [1.807, 2.05) is 6.92 Å². The molecular formula is C10H16N2OS. The molecule has 1 aromatic rings. The van der Waals surface area contributed by atoms with Gasteiger partial charge in [0, 0.05) is 36.2 Å². The quantitative estimate of drug-likeness (QED) is 0.808. The minimum atomic E-state index is -0.0808. The molecule has 0 saturated carbocycles. The van der Waals surface area contributed by atoms with Crippen molar-refractivity contribution in [2.75, 3.05) is 13.2 Å². The Balaban J connectivity index is 2.01. The molecule has 1 aromatic heterocycles. The minimum absolute atomic E-state index is 0.0808. The van der Waals surface area contributed by atoms with Crippen molar-refractivity contribution >= 4 is 11.3 Å². The van der Waals surface area contributed by atoms with Crippen LogP contribution < -0.4 is 5.73 Å². The molecule has 0 spiro atoms. The lowest BCUT2D eigenvalue weighted by Crippen LogP contribution is -2.46. The summed E-state index contributed by atoms with van der Waals surface area (Å²) in [5.74, 6) is 0. The molecule has 0 atom stereocenters. The fraction of sp³-hybridized carbons (Fsp3) is 0.700. The number of thiazole rings is 1. The van der Waals surface area contributed by atoms with Crippen LogP contribution in [0, 0.1) is 6.92 Å². The Kier molecular flexibility index (Phi) is 2.85. The average molecular weight is 212 g/mol. The number of nitrogens with zero attached hydrogens (tertiary/aromatic N) is 1. The molecule has 1 saturated heterocycles. The van der Waals surface area contributed by atoms with Crippen LogP contribution in [0.2, 0.25) is 0 Å². The maximum Gasteiger partial charge on any atom is 0.0946 e. The van der Waals surface area contributed by atoms with Crippen molar-refractivity contribution in [3.05, 3.63) is 16.1 Å². The van der Waals surface area contributed by atoms with Crippen LogP contribution in [0.4, 0.5) is 0 Å². The highest BCUT2D eigenvalue weighted by Gasteiger charge is 2.29. The Morgan fingerprint density at radius 3 is 2.86 bits per heavy atom. The first-order valence-corrected chi connectivity index (χ1v) is 5.84. The minimum Gasteiger partial charge on any atom is -0.381 e. The van der Waals surface area contributed by atoms with Gasteiger partial charge in [0.25, 0.3) is 0 Å². The third kappa shape index (κ3) is 2.32. The molecule has 1 aliphatic rings. The van der Waals surface area contributed by atoms with E-state index in [9.17, 15) is 0 Å². The molecule has 14 heavy (non-hydrogen) atoms. The van der Waals surface area contributed by atoms with Gasteiger partial charge in [-0.1, -0.05) is 0 Å². The maximum absolute atomic E-state index is 6.29. The van der Waals surface area contributed by atoms with E-state index in [0.29, 0.717) is 0 Å². The monoisotopic (exact) mass is 212 g/mol. The Labute approximate surface area is 88.3 Å². The molecule has 0 bridgehead atoms. The van der Waals surface area contributed by atoms with Gasteiger partial charge in [0.05, 0.1) is 5.01 Å². The second kappa shape index (κ2) is 3.96. The summed E-state index contributed by atoms with van der Waals surface area (Å²) < 4.78 is 5.31. The van der Waals surface area contributed by atoms with Crippen LogP contribution in [-0.2, 0) is 11.2 Å². The molecule has 78 valence electrons. The highest BCUT2D eigenvalue weighted by Crippen LogP contribution is 2.24. The fourth-order valence-corrected chi connectivity index (χ4v) is 2.67. The Morgan fingerprint density at radius 2 is 2.29 bits per heavy atom. The predicted octanol–water partition coefficient (Wildman–Crippen LogP) is 1.50. The van der Waals surface area contributed by atoms with E-state index in [1.54, 1.807) is 11.3 Å². The van der Waals surface area contributed by atoms with Crippen molar-refractivity contribution in [2.45, 2.75) is 31.7 Å². The molecule has 0 aliphatic carbocycles. The molecule has 2 N–H and O–H groups in total. The zero-order valence-electron chi connectivity index (χ0n) is 8.45. The van der Waals surface area contributed by atoms with Gasteiger partial charge < -0.3 is 10.5 Å². The van der Waals surface area contributed by atoms with Crippen molar-refractivity contribution in [1.82, 2.24) is 4.98 Å². The fourth-order valence-electron chi connectivity index (χ4n) is 1.74. The number of aryl methyl sites for hydroxylation is 1.